The molecule has 0 aromatic heterocycles. The summed E-state index contributed by atoms with van der Waals surface area (Å²) in [6, 6.07) is 0. The van der Waals surface area contributed by atoms with Crippen molar-refractivity contribution >= 4 is 0 Å². The van der Waals surface area contributed by atoms with Gasteiger partial charge in [0.05, 0.1) is 12.8 Å². The molecule has 0 aromatic carbocycles. The van der Waals surface area contributed by atoms with Crippen LogP contribution < -0.4 is 0 Å². The fraction of sp³-hybridized carbons (Fsp3) is 0.889. The van der Waals surface area contributed by atoms with Crippen molar-refractivity contribution < 1.29 is 0 Å². The van der Waals surface area contributed by atoms with Gasteiger partial charge in [-0.3, -0.25) is 0 Å². The fourth-order valence-corrected chi connectivity index (χ4v) is 1.90. The van der Waals surface area contributed by atoms with Gasteiger partial charge in [-0.25, -0.2) is 0 Å². The van der Waals surface area contributed by atoms with Crippen molar-refractivity contribution in [1.29, 1.82) is 0 Å². The molecule has 1 aliphatic carbocycles. The molecule has 0 heterocycles. The number of hydrogen-bond donors (Lipinski definition) is 0. The largest absolute Gasteiger partial charge is 0.109 e. The van der Waals surface area contributed by atoms with E-state index in [0.29, 0.717) is 5.41 Å². The Labute approximate surface area is 58.7 Å². The molecule has 0 N–H and O–H groups in total. The van der Waals surface area contributed by atoms with Crippen molar-refractivity contribution in [2.45, 2.75) is 34.1 Å². The lowest BCUT2D eigenvalue weighted by molar-refractivity contribution is 0.101. The summed E-state index contributed by atoms with van der Waals surface area (Å²) in [5.41, 5.74) is 0.605. The Hall–Kier alpha value is -0.130. The van der Waals surface area contributed by atoms with Crippen LogP contribution in [0.5, 0.6) is 0 Å². The van der Waals surface area contributed by atoms with Gasteiger partial charge in [-0.1, -0.05) is 27.7 Å². The molecule has 0 aliphatic heterocycles. The van der Waals surface area contributed by atoms with Gasteiger partial charge in [-0.15, -0.1) is 0 Å². The Morgan fingerprint density at radius 3 is 2.00 bits per heavy atom. The molecule has 1 aliphatic rings. The summed E-state index contributed by atoms with van der Waals surface area (Å²) in [4.78, 5) is 0. The van der Waals surface area contributed by atoms with E-state index in [2.05, 4.69) is 34.1 Å². The summed E-state index contributed by atoms with van der Waals surface area (Å²) >= 11 is 0. The first kappa shape index (κ1) is 6.98. The quantitative estimate of drug-likeness (QED) is 0.473. The maximum atomic E-state index is 2.45. The van der Waals surface area contributed by atoms with E-state index in [0.717, 1.165) is 11.8 Å². The van der Waals surface area contributed by atoms with Gasteiger partial charge in [0, 0.05) is 5.41 Å². The van der Waals surface area contributed by atoms with E-state index in [1.165, 1.54) is 6.42 Å². The highest BCUT2D eigenvalue weighted by atomic mass is 14.4. The van der Waals surface area contributed by atoms with Crippen LogP contribution >= 0.6 is 0 Å². The van der Waals surface area contributed by atoms with Gasteiger partial charge >= 0.3 is 0 Å². The second-order valence-electron chi connectivity index (χ2n) is 4.20. The van der Waals surface area contributed by atoms with E-state index < -0.39 is 0 Å². The van der Waals surface area contributed by atoms with E-state index >= 15 is 0 Å². The normalized spacial score (nSPS) is 31.4. The first-order valence-corrected chi connectivity index (χ1v) is 3.87. The van der Waals surface area contributed by atoms with Gasteiger partial charge in [0.15, 0.2) is 0 Å². The predicted octanol–water partition coefficient (Wildman–Crippen LogP) is 2.89. The Morgan fingerprint density at radius 2 is 2.00 bits per heavy atom. The van der Waals surface area contributed by atoms with E-state index in [1.54, 1.807) is 0 Å². The molecular formula is C9H17+. The molecule has 0 radical (unpaired) electrons. The fourth-order valence-electron chi connectivity index (χ4n) is 1.90. The maximum Gasteiger partial charge on any atom is 0.109 e. The molecule has 0 bridgehead atoms. The minimum Gasteiger partial charge on any atom is -0.0584 e. The molecule has 0 nitrogen and oxygen atoms in total. The summed E-state index contributed by atoms with van der Waals surface area (Å²) in [7, 11) is 0. The summed E-state index contributed by atoms with van der Waals surface area (Å²) in [6.07, 6.45) is 3.76. The average Bonchev–Trinajstić information content (AvgIpc) is 1.62. The smallest absolute Gasteiger partial charge is 0.0584 e. The van der Waals surface area contributed by atoms with Crippen molar-refractivity contribution in [1.82, 2.24) is 0 Å². The lowest BCUT2D eigenvalue weighted by Gasteiger charge is -2.37. The third-order valence-corrected chi connectivity index (χ3v) is 2.52. The molecule has 0 aromatic rings. The molecule has 1 unspecified atom stereocenters. The van der Waals surface area contributed by atoms with E-state index in [-0.39, 0.29) is 0 Å². The van der Waals surface area contributed by atoms with Crippen LogP contribution in [0.1, 0.15) is 34.1 Å². The van der Waals surface area contributed by atoms with Gasteiger partial charge in [0.1, 0.15) is 5.92 Å². The Bertz CT molecular complexity index is 101. The zero-order chi connectivity index (χ0) is 7.07. The van der Waals surface area contributed by atoms with Crippen molar-refractivity contribution in [3.63, 3.8) is 0 Å². The van der Waals surface area contributed by atoms with Gasteiger partial charge in [-0.2, -0.15) is 0 Å². The molecule has 1 saturated carbocycles. The van der Waals surface area contributed by atoms with Crippen LogP contribution in [0.2, 0.25) is 0 Å². The summed E-state index contributed by atoms with van der Waals surface area (Å²) in [5, 5.41) is 0. The molecule has 0 saturated heterocycles. The van der Waals surface area contributed by atoms with Crippen molar-refractivity contribution in [2.75, 3.05) is 0 Å². The minimum absolute atomic E-state index is 0.605. The lowest BCUT2D eigenvalue weighted by atomic mass is 9.58. The first-order valence-electron chi connectivity index (χ1n) is 3.87. The zero-order valence-corrected chi connectivity index (χ0v) is 6.94. The van der Waals surface area contributed by atoms with Gasteiger partial charge in [-0.05, 0) is 5.92 Å². The molecule has 0 amide bonds. The van der Waals surface area contributed by atoms with E-state index in [1.807, 2.05) is 0 Å². The van der Waals surface area contributed by atoms with Crippen LogP contribution in [0.15, 0.2) is 0 Å². The molecule has 0 heteroatoms. The third-order valence-electron chi connectivity index (χ3n) is 2.52. The van der Waals surface area contributed by atoms with Gasteiger partial charge in [0.25, 0.3) is 0 Å². The zero-order valence-electron chi connectivity index (χ0n) is 6.94. The van der Waals surface area contributed by atoms with E-state index in [4.69, 9.17) is 0 Å². The number of rotatable bonds is 1. The topological polar surface area (TPSA) is 0 Å². The molecule has 1 rings (SSSR count). The standard InChI is InChI=1S/C9H17/c1-7(2)8-5-6-9(8,3)4/h5,7-8H,6H2,1-4H3/q+1. The molecule has 9 heavy (non-hydrogen) atoms. The molecule has 52 valence electrons. The van der Waals surface area contributed by atoms with Gasteiger partial charge in [0.2, 0.25) is 0 Å². The highest BCUT2D eigenvalue weighted by molar-refractivity contribution is 5.02. The molecule has 0 spiro atoms. The van der Waals surface area contributed by atoms with Crippen LogP contribution in [0.3, 0.4) is 0 Å². The molecule has 1 atom stereocenters. The Balaban J connectivity index is 2.45. The van der Waals surface area contributed by atoms with Crippen LogP contribution in [0.4, 0.5) is 0 Å². The SMILES string of the molecule is CC(C)C1[CH+]CC1(C)C. The number of hydrogen-bond acceptors (Lipinski definition) is 0. The summed E-state index contributed by atoms with van der Waals surface area (Å²) in [6.45, 7) is 9.33. The van der Waals surface area contributed by atoms with Crippen molar-refractivity contribution in [3.8, 4) is 0 Å². The molecule has 1 fully saturated rings. The summed E-state index contributed by atoms with van der Waals surface area (Å²) in [5.74, 6) is 1.71. The van der Waals surface area contributed by atoms with Crippen LogP contribution in [0.25, 0.3) is 0 Å². The van der Waals surface area contributed by atoms with Gasteiger partial charge < -0.3 is 0 Å². The Kier molecular flexibility index (Phi) is 1.50. The predicted molar refractivity (Wildman–Crippen MR) is 41.0 cm³/mol. The maximum absolute atomic E-state index is 2.45. The monoisotopic (exact) mass is 125 g/mol. The highest BCUT2D eigenvalue weighted by Gasteiger charge is 2.49. The molecular weight excluding hydrogens is 108 g/mol. The van der Waals surface area contributed by atoms with E-state index in [9.17, 15) is 0 Å². The second-order valence-corrected chi connectivity index (χ2v) is 4.20. The minimum atomic E-state index is 0.605. The summed E-state index contributed by atoms with van der Waals surface area (Å²) < 4.78 is 0. The lowest BCUT2D eigenvalue weighted by Crippen LogP contribution is -2.38. The van der Waals surface area contributed by atoms with Crippen LogP contribution in [-0.2, 0) is 0 Å². The second kappa shape index (κ2) is 1.93. The van der Waals surface area contributed by atoms with Crippen LogP contribution in [-0.4, -0.2) is 0 Å². The highest BCUT2D eigenvalue weighted by Crippen LogP contribution is 2.48. The average molecular weight is 125 g/mol. The van der Waals surface area contributed by atoms with Crippen molar-refractivity contribution in [2.24, 2.45) is 17.3 Å². The third kappa shape index (κ3) is 1.08. The van der Waals surface area contributed by atoms with Crippen LogP contribution in [0, 0.1) is 23.7 Å². The Morgan fingerprint density at radius 1 is 1.44 bits per heavy atom. The first-order chi connectivity index (χ1) is 4.04. The van der Waals surface area contributed by atoms with Crippen molar-refractivity contribution in [3.05, 3.63) is 6.42 Å².